The highest BCUT2D eigenvalue weighted by Gasteiger charge is 2.36. The zero-order valence-electron chi connectivity index (χ0n) is 11.4. The van der Waals surface area contributed by atoms with Crippen LogP contribution in [0.15, 0.2) is 4.99 Å². The second-order valence-electron chi connectivity index (χ2n) is 6.50. The van der Waals surface area contributed by atoms with Gasteiger partial charge in [-0.15, -0.1) is 0 Å². The second-order valence-corrected chi connectivity index (χ2v) is 7.47. The topological polar surface area (TPSA) is 24.4 Å². The number of thioether (sulfide) groups is 1. The Hall–Kier alpha value is -0.180. The van der Waals surface area contributed by atoms with E-state index in [1.807, 2.05) is 11.8 Å². The molecular formula is C15H26N2S. The lowest BCUT2D eigenvalue weighted by atomic mass is 9.89. The standard InChI is InChI=1S/C15H26N2S/c1-2-6-13(7-3-1)10-16-14-17-11-15(12-18-14)8-4-5-9-15/h13H,1-12H2,(H,16,17). The fourth-order valence-electron chi connectivity index (χ4n) is 3.71. The number of amidine groups is 1. The molecule has 1 spiro atoms. The third-order valence-corrected chi connectivity index (χ3v) is 6.31. The number of nitrogens with zero attached hydrogens (tertiary/aromatic N) is 1. The van der Waals surface area contributed by atoms with E-state index in [0.717, 1.165) is 12.5 Å². The van der Waals surface area contributed by atoms with Gasteiger partial charge >= 0.3 is 0 Å². The van der Waals surface area contributed by atoms with Crippen LogP contribution in [0.2, 0.25) is 0 Å². The Morgan fingerprint density at radius 3 is 2.56 bits per heavy atom. The molecule has 102 valence electrons. The Bertz CT molecular complexity index is 302. The molecule has 0 aromatic heterocycles. The molecule has 2 aliphatic carbocycles. The van der Waals surface area contributed by atoms with Gasteiger partial charge in [0, 0.05) is 18.8 Å². The van der Waals surface area contributed by atoms with Gasteiger partial charge in [0.1, 0.15) is 0 Å². The fourth-order valence-corrected chi connectivity index (χ4v) is 4.87. The van der Waals surface area contributed by atoms with Crippen LogP contribution in [0.3, 0.4) is 0 Å². The molecular weight excluding hydrogens is 240 g/mol. The lowest BCUT2D eigenvalue weighted by molar-refractivity contribution is 0.351. The largest absolute Gasteiger partial charge is 0.365 e. The average molecular weight is 266 g/mol. The summed E-state index contributed by atoms with van der Waals surface area (Å²) in [5.41, 5.74) is 0.584. The van der Waals surface area contributed by atoms with Gasteiger partial charge in [0.25, 0.3) is 0 Å². The van der Waals surface area contributed by atoms with E-state index in [4.69, 9.17) is 4.99 Å². The van der Waals surface area contributed by atoms with E-state index >= 15 is 0 Å². The van der Waals surface area contributed by atoms with Crippen molar-refractivity contribution in [3.05, 3.63) is 0 Å². The molecule has 3 rings (SSSR count). The third-order valence-electron chi connectivity index (χ3n) is 5.00. The molecule has 0 radical (unpaired) electrons. The molecule has 2 saturated carbocycles. The van der Waals surface area contributed by atoms with Crippen LogP contribution in [0.25, 0.3) is 0 Å². The number of aliphatic imine (C=N–C) groups is 1. The molecule has 0 bridgehead atoms. The summed E-state index contributed by atoms with van der Waals surface area (Å²) in [5, 5.41) is 4.84. The van der Waals surface area contributed by atoms with Crippen molar-refractivity contribution in [3.8, 4) is 0 Å². The average Bonchev–Trinajstić information content (AvgIpc) is 2.88. The monoisotopic (exact) mass is 266 g/mol. The van der Waals surface area contributed by atoms with Gasteiger partial charge in [0.15, 0.2) is 5.17 Å². The SMILES string of the molecule is C1CCC(CNC2=NCC3(CCCC3)CS2)CC1. The maximum atomic E-state index is 4.82. The molecule has 18 heavy (non-hydrogen) atoms. The molecule has 0 aromatic carbocycles. The van der Waals surface area contributed by atoms with Crippen LogP contribution in [0, 0.1) is 11.3 Å². The molecule has 3 heteroatoms. The molecule has 2 fully saturated rings. The van der Waals surface area contributed by atoms with Crippen molar-refractivity contribution >= 4 is 16.9 Å². The van der Waals surface area contributed by atoms with Crippen LogP contribution in [0.5, 0.6) is 0 Å². The van der Waals surface area contributed by atoms with Gasteiger partial charge in [-0.05, 0) is 37.0 Å². The molecule has 1 N–H and O–H groups in total. The highest BCUT2D eigenvalue weighted by molar-refractivity contribution is 8.13. The van der Waals surface area contributed by atoms with Crippen LogP contribution >= 0.6 is 11.8 Å². The fraction of sp³-hybridized carbons (Fsp3) is 0.933. The maximum Gasteiger partial charge on any atom is 0.156 e. The Labute approximate surface area is 115 Å². The van der Waals surface area contributed by atoms with Gasteiger partial charge in [-0.25, -0.2) is 0 Å². The summed E-state index contributed by atoms with van der Waals surface area (Å²) < 4.78 is 0. The summed E-state index contributed by atoms with van der Waals surface area (Å²) in [6.45, 7) is 2.26. The Balaban J connectivity index is 1.45. The van der Waals surface area contributed by atoms with Gasteiger partial charge in [-0.2, -0.15) is 0 Å². The minimum Gasteiger partial charge on any atom is -0.365 e. The van der Waals surface area contributed by atoms with Gasteiger partial charge < -0.3 is 5.32 Å². The smallest absolute Gasteiger partial charge is 0.156 e. The van der Waals surface area contributed by atoms with E-state index in [-0.39, 0.29) is 0 Å². The minimum atomic E-state index is 0.584. The van der Waals surface area contributed by atoms with Crippen molar-refractivity contribution in [2.24, 2.45) is 16.3 Å². The first-order valence-corrected chi connectivity index (χ1v) is 8.76. The minimum absolute atomic E-state index is 0.584. The van der Waals surface area contributed by atoms with Crippen molar-refractivity contribution in [2.45, 2.75) is 57.8 Å². The normalized spacial score (nSPS) is 28.3. The number of nitrogens with one attached hydrogen (secondary N) is 1. The van der Waals surface area contributed by atoms with E-state index in [2.05, 4.69) is 5.32 Å². The van der Waals surface area contributed by atoms with Crippen molar-refractivity contribution in [2.75, 3.05) is 18.8 Å². The Morgan fingerprint density at radius 2 is 1.89 bits per heavy atom. The van der Waals surface area contributed by atoms with E-state index in [9.17, 15) is 0 Å². The number of hydrogen-bond donors (Lipinski definition) is 1. The highest BCUT2D eigenvalue weighted by Crippen LogP contribution is 2.43. The van der Waals surface area contributed by atoms with Crippen LogP contribution in [-0.2, 0) is 0 Å². The molecule has 0 amide bonds. The molecule has 0 aromatic rings. The van der Waals surface area contributed by atoms with E-state index in [0.29, 0.717) is 5.41 Å². The molecule has 2 nitrogen and oxygen atoms in total. The van der Waals surface area contributed by atoms with E-state index in [1.54, 1.807) is 0 Å². The molecule has 0 saturated heterocycles. The maximum absolute atomic E-state index is 4.82. The van der Waals surface area contributed by atoms with Crippen LogP contribution in [0.1, 0.15) is 57.8 Å². The summed E-state index contributed by atoms with van der Waals surface area (Å²) in [6.07, 6.45) is 12.9. The predicted molar refractivity (Wildman–Crippen MR) is 80.2 cm³/mol. The molecule has 0 unspecified atom stereocenters. The summed E-state index contributed by atoms with van der Waals surface area (Å²) in [6, 6.07) is 0. The van der Waals surface area contributed by atoms with E-state index in [1.165, 1.54) is 75.3 Å². The third kappa shape index (κ3) is 3.04. The van der Waals surface area contributed by atoms with Crippen LogP contribution in [-0.4, -0.2) is 24.0 Å². The number of rotatable bonds is 2. The zero-order chi connectivity index (χ0) is 12.3. The Morgan fingerprint density at radius 1 is 1.11 bits per heavy atom. The summed E-state index contributed by atoms with van der Waals surface area (Å²) in [5.74, 6) is 2.22. The van der Waals surface area contributed by atoms with Gasteiger partial charge in [0.05, 0.1) is 0 Å². The van der Waals surface area contributed by atoms with Crippen molar-refractivity contribution in [1.82, 2.24) is 5.32 Å². The van der Waals surface area contributed by atoms with E-state index < -0.39 is 0 Å². The number of hydrogen-bond acceptors (Lipinski definition) is 3. The van der Waals surface area contributed by atoms with Crippen LogP contribution in [0.4, 0.5) is 0 Å². The van der Waals surface area contributed by atoms with Gasteiger partial charge in [-0.1, -0.05) is 43.9 Å². The van der Waals surface area contributed by atoms with Crippen molar-refractivity contribution < 1.29 is 0 Å². The lowest BCUT2D eigenvalue weighted by Crippen LogP contribution is -2.35. The molecule has 1 heterocycles. The zero-order valence-corrected chi connectivity index (χ0v) is 12.2. The quantitative estimate of drug-likeness (QED) is 0.821. The van der Waals surface area contributed by atoms with Gasteiger partial charge in [0.2, 0.25) is 0 Å². The molecule has 3 aliphatic rings. The first-order chi connectivity index (χ1) is 8.86. The first kappa shape index (κ1) is 12.8. The lowest BCUT2D eigenvalue weighted by Gasteiger charge is -2.31. The first-order valence-electron chi connectivity index (χ1n) is 7.78. The molecule has 1 aliphatic heterocycles. The highest BCUT2D eigenvalue weighted by atomic mass is 32.2. The predicted octanol–water partition coefficient (Wildman–Crippen LogP) is 3.82. The van der Waals surface area contributed by atoms with Gasteiger partial charge in [-0.3, -0.25) is 4.99 Å². The Kier molecular flexibility index (Phi) is 4.17. The summed E-state index contributed by atoms with van der Waals surface area (Å²) in [7, 11) is 0. The van der Waals surface area contributed by atoms with Crippen molar-refractivity contribution in [3.63, 3.8) is 0 Å². The second kappa shape index (κ2) is 5.85. The molecule has 0 atom stereocenters. The van der Waals surface area contributed by atoms with Crippen molar-refractivity contribution in [1.29, 1.82) is 0 Å². The summed E-state index contributed by atoms with van der Waals surface area (Å²) in [4.78, 5) is 4.82. The summed E-state index contributed by atoms with van der Waals surface area (Å²) >= 11 is 1.99. The van der Waals surface area contributed by atoms with Crippen LogP contribution < -0.4 is 5.32 Å².